The highest BCUT2D eigenvalue weighted by molar-refractivity contribution is 5.29. The number of benzene rings is 1. The van der Waals surface area contributed by atoms with Gasteiger partial charge in [-0.2, -0.15) is 0 Å². The average Bonchev–Trinajstić information content (AvgIpc) is 2.35. The zero-order valence-corrected chi connectivity index (χ0v) is 11.8. The van der Waals surface area contributed by atoms with Gasteiger partial charge in [0, 0.05) is 6.04 Å². The van der Waals surface area contributed by atoms with Crippen molar-refractivity contribution in [2.24, 2.45) is 17.6 Å². The van der Waals surface area contributed by atoms with Crippen molar-refractivity contribution < 1.29 is 9.84 Å². The minimum absolute atomic E-state index is 0.243. The number of ether oxygens (including phenoxy) is 1. The molecular weight excluding hydrogens is 226 g/mol. The Morgan fingerprint density at radius 3 is 2.11 bits per heavy atom. The van der Waals surface area contributed by atoms with E-state index in [4.69, 9.17) is 10.5 Å². The summed E-state index contributed by atoms with van der Waals surface area (Å²) in [5.74, 6) is 1.58. The van der Waals surface area contributed by atoms with Gasteiger partial charge in [-0.05, 0) is 29.5 Å². The maximum atomic E-state index is 10.1. The summed E-state index contributed by atoms with van der Waals surface area (Å²) in [7, 11) is 0. The summed E-state index contributed by atoms with van der Waals surface area (Å²) in [6.45, 7) is 8.94. The number of aliphatic hydroxyl groups is 1. The fourth-order valence-corrected chi connectivity index (χ4v) is 1.61. The summed E-state index contributed by atoms with van der Waals surface area (Å²) in [5.41, 5.74) is 6.79. The molecule has 3 N–H and O–H groups in total. The topological polar surface area (TPSA) is 55.5 Å². The largest absolute Gasteiger partial charge is 0.493 e. The molecule has 1 rings (SSSR count). The van der Waals surface area contributed by atoms with Crippen LogP contribution in [0.2, 0.25) is 0 Å². The molecule has 0 aromatic heterocycles. The highest BCUT2D eigenvalue weighted by atomic mass is 16.5. The summed E-state index contributed by atoms with van der Waals surface area (Å²) in [5, 5.41) is 10.1. The molecule has 0 amide bonds. The molecule has 1 aromatic carbocycles. The fraction of sp³-hybridized carbons (Fsp3) is 0.600. The molecule has 0 bridgehead atoms. The lowest BCUT2D eigenvalue weighted by molar-refractivity contribution is 0.125. The van der Waals surface area contributed by atoms with E-state index in [1.54, 1.807) is 0 Å². The number of aliphatic hydroxyl groups excluding tert-OH is 1. The summed E-state index contributed by atoms with van der Waals surface area (Å²) in [6.07, 6.45) is -0.621. The monoisotopic (exact) mass is 251 g/mol. The third-order valence-electron chi connectivity index (χ3n) is 2.94. The van der Waals surface area contributed by atoms with Gasteiger partial charge >= 0.3 is 0 Å². The van der Waals surface area contributed by atoms with Crippen LogP contribution in [0, 0.1) is 11.8 Å². The minimum Gasteiger partial charge on any atom is -0.493 e. The van der Waals surface area contributed by atoms with E-state index in [1.807, 2.05) is 38.1 Å². The van der Waals surface area contributed by atoms with Gasteiger partial charge < -0.3 is 15.6 Å². The van der Waals surface area contributed by atoms with Gasteiger partial charge in [0.15, 0.2) is 0 Å². The first-order valence-corrected chi connectivity index (χ1v) is 6.58. The van der Waals surface area contributed by atoms with Crippen molar-refractivity contribution in [2.75, 3.05) is 6.61 Å². The number of hydrogen-bond donors (Lipinski definition) is 2. The van der Waals surface area contributed by atoms with E-state index in [-0.39, 0.29) is 12.0 Å². The van der Waals surface area contributed by atoms with Gasteiger partial charge in [-0.25, -0.2) is 0 Å². The molecule has 0 saturated heterocycles. The predicted octanol–water partition coefficient (Wildman–Crippen LogP) is 2.74. The second kappa shape index (κ2) is 6.76. The standard InChI is InChI=1S/C15H25NO2/c1-10(2)9-18-13-7-5-12(6-8-13)15(17)14(16)11(3)4/h5-8,10-11,14-15,17H,9,16H2,1-4H3. The van der Waals surface area contributed by atoms with E-state index in [9.17, 15) is 5.11 Å². The van der Waals surface area contributed by atoms with Crippen LogP contribution >= 0.6 is 0 Å². The number of hydrogen-bond acceptors (Lipinski definition) is 3. The Labute approximate surface area is 110 Å². The Bertz CT molecular complexity index is 346. The Hall–Kier alpha value is -1.06. The van der Waals surface area contributed by atoms with Crippen LogP contribution in [-0.2, 0) is 0 Å². The first kappa shape index (κ1) is 15.0. The van der Waals surface area contributed by atoms with Gasteiger partial charge in [0.1, 0.15) is 5.75 Å². The maximum Gasteiger partial charge on any atom is 0.119 e. The number of nitrogens with two attached hydrogens (primary N) is 1. The Kier molecular flexibility index (Phi) is 5.63. The van der Waals surface area contributed by atoms with Crippen molar-refractivity contribution in [1.29, 1.82) is 0 Å². The summed E-state index contributed by atoms with van der Waals surface area (Å²) in [4.78, 5) is 0. The lowest BCUT2D eigenvalue weighted by Crippen LogP contribution is -2.33. The third-order valence-corrected chi connectivity index (χ3v) is 2.94. The van der Waals surface area contributed by atoms with E-state index in [0.717, 1.165) is 11.3 Å². The van der Waals surface area contributed by atoms with Gasteiger partial charge in [-0.1, -0.05) is 39.8 Å². The SMILES string of the molecule is CC(C)COc1ccc(C(O)C(N)C(C)C)cc1. The van der Waals surface area contributed by atoms with Gasteiger partial charge in [0.25, 0.3) is 0 Å². The molecule has 0 spiro atoms. The molecule has 0 aliphatic heterocycles. The van der Waals surface area contributed by atoms with Crippen molar-refractivity contribution in [2.45, 2.75) is 39.8 Å². The van der Waals surface area contributed by atoms with Crippen molar-refractivity contribution >= 4 is 0 Å². The molecular formula is C15H25NO2. The number of rotatable bonds is 6. The van der Waals surface area contributed by atoms with E-state index in [2.05, 4.69) is 13.8 Å². The van der Waals surface area contributed by atoms with Crippen LogP contribution < -0.4 is 10.5 Å². The molecule has 18 heavy (non-hydrogen) atoms. The predicted molar refractivity (Wildman–Crippen MR) is 74.5 cm³/mol. The summed E-state index contributed by atoms with van der Waals surface area (Å²) >= 11 is 0. The highest BCUT2D eigenvalue weighted by Gasteiger charge is 2.19. The van der Waals surface area contributed by atoms with Gasteiger partial charge in [-0.15, -0.1) is 0 Å². The molecule has 0 aliphatic rings. The average molecular weight is 251 g/mol. The molecule has 0 saturated carbocycles. The van der Waals surface area contributed by atoms with Crippen LogP contribution in [0.4, 0.5) is 0 Å². The van der Waals surface area contributed by atoms with E-state index in [0.29, 0.717) is 12.5 Å². The van der Waals surface area contributed by atoms with Gasteiger partial charge in [0.2, 0.25) is 0 Å². The molecule has 0 fully saturated rings. The van der Waals surface area contributed by atoms with Crippen LogP contribution in [0.15, 0.2) is 24.3 Å². The smallest absolute Gasteiger partial charge is 0.119 e. The van der Waals surface area contributed by atoms with Crippen LogP contribution in [0.3, 0.4) is 0 Å². The molecule has 1 aromatic rings. The molecule has 0 aliphatic carbocycles. The molecule has 102 valence electrons. The highest BCUT2D eigenvalue weighted by Crippen LogP contribution is 2.22. The van der Waals surface area contributed by atoms with Crippen LogP contribution in [-0.4, -0.2) is 17.8 Å². The fourth-order valence-electron chi connectivity index (χ4n) is 1.61. The maximum absolute atomic E-state index is 10.1. The van der Waals surface area contributed by atoms with E-state index < -0.39 is 6.10 Å². The second-order valence-corrected chi connectivity index (χ2v) is 5.54. The summed E-state index contributed by atoms with van der Waals surface area (Å²) < 4.78 is 5.60. The quantitative estimate of drug-likeness (QED) is 0.817. The lowest BCUT2D eigenvalue weighted by Gasteiger charge is -2.22. The third kappa shape index (κ3) is 4.31. The zero-order chi connectivity index (χ0) is 13.7. The van der Waals surface area contributed by atoms with Crippen LogP contribution in [0.5, 0.6) is 5.75 Å². The van der Waals surface area contributed by atoms with E-state index >= 15 is 0 Å². The van der Waals surface area contributed by atoms with Gasteiger partial charge in [-0.3, -0.25) is 0 Å². The van der Waals surface area contributed by atoms with Crippen molar-refractivity contribution in [3.63, 3.8) is 0 Å². The van der Waals surface area contributed by atoms with Gasteiger partial charge in [0.05, 0.1) is 12.7 Å². The zero-order valence-electron chi connectivity index (χ0n) is 11.8. The Morgan fingerprint density at radius 2 is 1.67 bits per heavy atom. The Morgan fingerprint density at radius 1 is 1.11 bits per heavy atom. The molecule has 3 heteroatoms. The van der Waals surface area contributed by atoms with Crippen molar-refractivity contribution in [1.82, 2.24) is 0 Å². The Balaban J connectivity index is 2.64. The molecule has 2 atom stereocenters. The first-order chi connectivity index (χ1) is 8.41. The lowest BCUT2D eigenvalue weighted by atomic mass is 9.94. The van der Waals surface area contributed by atoms with Crippen LogP contribution in [0.25, 0.3) is 0 Å². The second-order valence-electron chi connectivity index (χ2n) is 5.54. The summed E-state index contributed by atoms with van der Waals surface area (Å²) in [6, 6.07) is 7.28. The van der Waals surface area contributed by atoms with E-state index in [1.165, 1.54) is 0 Å². The molecule has 3 nitrogen and oxygen atoms in total. The normalized spacial score (nSPS) is 14.9. The molecule has 0 radical (unpaired) electrons. The van der Waals surface area contributed by atoms with Crippen LogP contribution in [0.1, 0.15) is 39.4 Å². The minimum atomic E-state index is -0.621. The molecule has 0 heterocycles. The molecule has 2 unspecified atom stereocenters. The van der Waals surface area contributed by atoms with Crippen molar-refractivity contribution in [3.8, 4) is 5.75 Å². The first-order valence-electron chi connectivity index (χ1n) is 6.58. The van der Waals surface area contributed by atoms with Crippen molar-refractivity contribution in [3.05, 3.63) is 29.8 Å².